The molecular formula is C21H31N3O4. The number of amides is 2. The van der Waals surface area contributed by atoms with E-state index in [1.807, 2.05) is 0 Å². The van der Waals surface area contributed by atoms with Crippen molar-refractivity contribution in [2.45, 2.75) is 64.3 Å². The van der Waals surface area contributed by atoms with Gasteiger partial charge in [0.1, 0.15) is 0 Å². The first-order chi connectivity index (χ1) is 13.5. The van der Waals surface area contributed by atoms with Gasteiger partial charge in [-0.25, -0.2) is 5.43 Å². The zero-order chi connectivity index (χ0) is 20.4. The van der Waals surface area contributed by atoms with Gasteiger partial charge < -0.3 is 14.8 Å². The summed E-state index contributed by atoms with van der Waals surface area (Å²) < 4.78 is 10.4. The van der Waals surface area contributed by atoms with Gasteiger partial charge in [-0.1, -0.05) is 31.7 Å². The fourth-order valence-electron chi connectivity index (χ4n) is 3.35. The summed E-state index contributed by atoms with van der Waals surface area (Å²) in [6.07, 6.45) is 7.28. The van der Waals surface area contributed by atoms with E-state index in [9.17, 15) is 9.59 Å². The van der Waals surface area contributed by atoms with E-state index in [4.69, 9.17) is 9.47 Å². The first-order valence-corrected chi connectivity index (χ1v) is 9.84. The van der Waals surface area contributed by atoms with Gasteiger partial charge in [0.25, 0.3) is 0 Å². The molecule has 1 aromatic carbocycles. The Morgan fingerprint density at radius 3 is 2.36 bits per heavy atom. The number of methoxy groups -OCH3 is 2. The van der Waals surface area contributed by atoms with Gasteiger partial charge in [0, 0.05) is 11.8 Å². The maximum Gasteiger partial charge on any atom is 0.244 e. The van der Waals surface area contributed by atoms with E-state index in [1.54, 1.807) is 39.3 Å². The molecule has 0 heterocycles. The van der Waals surface area contributed by atoms with E-state index in [1.165, 1.54) is 25.7 Å². The number of hydrogen-bond donors (Lipinski definition) is 2. The van der Waals surface area contributed by atoms with Gasteiger partial charge in [0.2, 0.25) is 11.8 Å². The molecule has 0 aromatic heterocycles. The smallest absolute Gasteiger partial charge is 0.244 e. The quantitative estimate of drug-likeness (QED) is 0.406. The molecule has 0 spiro atoms. The Kier molecular flexibility index (Phi) is 8.78. The summed E-state index contributed by atoms with van der Waals surface area (Å²) in [5.74, 6) is 0.890. The molecule has 0 aliphatic heterocycles. The highest BCUT2D eigenvalue weighted by Gasteiger charge is 2.15. The van der Waals surface area contributed by atoms with Crippen molar-refractivity contribution in [2.75, 3.05) is 14.2 Å². The minimum absolute atomic E-state index is 0.0395. The lowest BCUT2D eigenvalue weighted by atomic mass is 10.1. The minimum atomic E-state index is -0.254. The zero-order valence-corrected chi connectivity index (χ0v) is 17.0. The second-order valence-corrected chi connectivity index (χ2v) is 7.18. The van der Waals surface area contributed by atoms with Crippen molar-refractivity contribution in [1.29, 1.82) is 0 Å². The first-order valence-electron chi connectivity index (χ1n) is 9.84. The van der Waals surface area contributed by atoms with Gasteiger partial charge in [-0.15, -0.1) is 0 Å². The van der Waals surface area contributed by atoms with Crippen molar-refractivity contribution >= 4 is 17.5 Å². The van der Waals surface area contributed by atoms with Crippen molar-refractivity contribution in [3.63, 3.8) is 0 Å². The average Bonchev–Trinajstić information content (AvgIpc) is 2.94. The summed E-state index contributed by atoms with van der Waals surface area (Å²) in [7, 11) is 3.11. The SMILES string of the molecule is COc1ccc(CC(=O)N/N=C(\C)CC(=O)NC2CCCCCC2)cc1OC. The highest BCUT2D eigenvalue weighted by atomic mass is 16.5. The zero-order valence-electron chi connectivity index (χ0n) is 17.0. The molecule has 0 atom stereocenters. The van der Waals surface area contributed by atoms with Gasteiger partial charge in [-0.3, -0.25) is 9.59 Å². The van der Waals surface area contributed by atoms with Crippen LogP contribution in [0.2, 0.25) is 0 Å². The fraction of sp³-hybridized carbons (Fsp3) is 0.571. The fourth-order valence-corrected chi connectivity index (χ4v) is 3.35. The van der Waals surface area contributed by atoms with Crippen LogP contribution in [-0.4, -0.2) is 37.8 Å². The molecule has 2 rings (SSSR count). The van der Waals surface area contributed by atoms with Crippen molar-refractivity contribution in [3.8, 4) is 11.5 Å². The molecule has 1 aliphatic rings. The summed E-state index contributed by atoms with van der Waals surface area (Å²) in [6, 6.07) is 5.59. The van der Waals surface area contributed by atoms with Crippen molar-refractivity contribution < 1.29 is 19.1 Å². The van der Waals surface area contributed by atoms with Crippen LogP contribution in [0, 0.1) is 0 Å². The molecule has 2 amide bonds. The normalized spacial score (nSPS) is 15.5. The van der Waals surface area contributed by atoms with Crippen molar-refractivity contribution in [3.05, 3.63) is 23.8 Å². The van der Waals surface area contributed by atoms with E-state index < -0.39 is 0 Å². The van der Waals surface area contributed by atoms with Gasteiger partial charge in [0.05, 0.1) is 27.1 Å². The number of hydrogen-bond acceptors (Lipinski definition) is 5. The molecule has 154 valence electrons. The predicted molar refractivity (Wildman–Crippen MR) is 109 cm³/mol. The van der Waals surface area contributed by atoms with Crippen LogP contribution < -0.4 is 20.2 Å². The van der Waals surface area contributed by atoms with E-state index in [-0.39, 0.29) is 30.7 Å². The van der Waals surface area contributed by atoms with E-state index in [0.29, 0.717) is 17.2 Å². The topological polar surface area (TPSA) is 89.0 Å². The average molecular weight is 389 g/mol. The minimum Gasteiger partial charge on any atom is -0.493 e. The van der Waals surface area contributed by atoms with Gasteiger partial charge in [0.15, 0.2) is 11.5 Å². The number of rotatable bonds is 8. The molecule has 0 bridgehead atoms. The lowest BCUT2D eigenvalue weighted by molar-refractivity contribution is -0.121. The van der Waals surface area contributed by atoms with Crippen LogP contribution in [0.3, 0.4) is 0 Å². The summed E-state index contributed by atoms with van der Waals surface area (Å²) in [6.45, 7) is 1.74. The van der Waals surface area contributed by atoms with E-state index in [2.05, 4.69) is 15.8 Å². The summed E-state index contributed by atoms with van der Waals surface area (Å²) in [4.78, 5) is 24.3. The highest BCUT2D eigenvalue weighted by Crippen LogP contribution is 2.27. The number of nitrogens with zero attached hydrogens (tertiary/aromatic N) is 1. The number of hydrazone groups is 1. The maximum atomic E-state index is 12.2. The largest absolute Gasteiger partial charge is 0.493 e. The Morgan fingerprint density at radius 1 is 1.04 bits per heavy atom. The number of benzene rings is 1. The molecule has 0 radical (unpaired) electrons. The van der Waals surface area contributed by atoms with Crippen LogP contribution in [0.25, 0.3) is 0 Å². The molecule has 7 heteroatoms. The molecular weight excluding hydrogens is 358 g/mol. The van der Waals surface area contributed by atoms with Crippen LogP contribution in [0.4, 0.5) is 0 Å². The van der Waals surface area contributed by atoms with Crippen molar-refractivity contribution in [1.82, 2.24) is 10.7 Å². The lowest BCUT2D eigenvalue weighted by Crippen LogP contribution is -2.35. The molecule has 1 aromatic rings. The highest BCUT2D eigenvalue weighted by molar-refractivity contribution is 6.00. The number of carbonyl (C=O) groups excluding carboxylic acids is 2. The lowest BCUT2D eigenvalue weighted by Gasteiger charge is -2.16. The molecule has 0 saturated heterocycles. The van der Waals surface area contributed by atoms with Crippen LogP contribution in [0.5, 0.6) is 11.5 Å². The molecule has 1 aliphatic carbocycles. The predicted octanol–water partition coefficient (Wildman–Crippen LogP) is 2.97. The van der Waals surface area contributed by atoms with Crippen LogP contribution in [-0.2, 0) is 16.0 Å². The standard InChI is InChI=1S/C21H31N3O4/c1-15(12-20(25)22-17-8-6-4-5-7-9-17)23-24-21(26)14-16-10-11-18(27-2)19(13-16)28-3/h10-11,13,17H,4-9,12,14H2,1-3H3,(H,22,25)(H,24,26)/b23-15+. The maximum absolute atomic E-state index is 12.2. The summed E-state index contributed by atoms with van der Waals surface area (Å²) in [5, 5.41) is 7.13. The van der Waals surface area contributed by atoms with E-state index in [0.717, 1.165) is 18.4 Å². The third kappa shape index (κ3) is 7.21. The Bertz CT molecular complexity index is 695. The molecule has 1 fully saturated rings. The van der Waals surface area contributed by atoms with Crippen LogP contribution >= 0.6 is 0 Å². The number of carbonyl (C=O) groups is 2. The number of nitrogens with one attached hydrogen (secondary N) is 2. The van der Waals surface area contributed by atoms with Gasteiger partial charge >= 0.3 is 0 Å². The van der Waals surface area contributed by atoms with E-state index >= 15 is 0 Å². The van der Waals surface area contributed by atoms with Crippen LogP contribution in [0.15, 0.2) is 23.3 Å². The van der Waals surface area contributed by atoms with Gasteiger partial charge in [-0.2, -0.15) is 5.10 Å². The Labute approximate surface area is 166 Å². The number of ether oxygens (including phenoxy) is 2. The summed E-state index contributed by atoms with van der Waals surface area (Å²) >= 11 is 0. The first kappa shape index (κ1) is 21.7. The third-order valence-corrected chi connectivity index (χ3v) is 4.82. The molecule has 1 saturated carbocycles. The molecule has 7 nitrogen and oxygen atoms in total. The molecule has 28 heavy (non-hydrogen) atoms. The Hall–Kier alpha value is -2.57. The second kappa shape index (κ2) is 11.3. The monoisotopic (exact) mass is 389 g/mol. The summed E-state index contributed by atoms with van der Waals surface area (Å²) in [5.41, 5.74) is 3.87. The Balaban J connectivity index is 1.79. The second-order valence-electron chi connectivity index (χ2n) is 7.18. The molecule has 0 unspecified atom stereocenters. The third-order valence-electron chi connectivity index (χ3n) is 4.82. The van der Waals surface area contributed by atoms with Gasteiger partial charge in [-0.05, 0) is 37.5 Å². The molecule has 2 N–H and O–H groups in total. The Morgan fingerprint density at radius 2 is 1.71 bits per heavy atom. The van der Waals surface area contributed by atoms with Crippen LogP contribution in [0.1, 0.15) is 57.4 Å². The van der Waals surface area contributed by atoms with Crippen molar-refractivity contribution in [2.24, 2.45) is 5.10 Å².